The highest BCUT2D eigenvalue weighted by atomic mass is 15.2. The van der Waals surface area contributed by atoms with Crippen molar-refractivity contribution in [2.75, 3.05) is 19.6 Å². The summed E-state index contributed by atoms with van der Waals surface area (Å²) in [4.78, 5) is 9.60. The number of hydrogen-bond acceptors (Lipinski definition) is 4. The number of rotatable bonds is 12. The Bertz CT molecular complexity index is 3550. The van der Waals surface area contributed by atoms with Crippen molar-refractivity contribution < 1.29 is 0 Å². The zero-order valence-corrected chi connectivity index (χ0v) is 43.6. The van der Waals surface area contributed by atoms with Gasteiger partial charge in [0.05, 0.1) is 11.4 Å². The predicted octanol–water partition coefficient (Wildman–Crippen LogP) is 19.8. The van der Waals surface area contributed by atoms with Crippen molar-refractivity contribution in [2.45, 2.75) is 25.7 Å². The number of para-hydroxylation sites is 7. The molecular formula is C74H60N4. The van der Waals surface area contributed by atoms with Crippen LogP contribution < -0.4 is 19.6 Å². The van der Waals surface area contributed by atoms with Gasteiger partial charge in [0.2, 0.25) is 0 Å². The number of anilines is 9. The van der Waals surface area contributed by atoms with Crippen LogP contribution in [0.4, 0.5) is 51.2 Å². The van der Waals surface area contributed by atoms with E-state index in [4.69, 9.17) is 0 Å². The SMILES string of the molecule is C1=CC(N(C2=C3C=CC4=CCCC5=CC=C(C(N(c6ccccc6)c6ccccc6)=C2)C3C45)c2ccccc2)=CCC1.c1ccc(N(c2ccccc2)c2cc3cccc-3cc(N(c3ccccc3)c3ccccc3)c2)cc1. The van der Waals surface area contributed by atoms with Gasteiger partial charge in [-0.25, -0.2) is 0 Å². The summed E-state index contributed by atoms with van der Waals surface area (Å²) in [5, 5.41) is 0. The maximum absolute atomic E-state index is 2.50. The Morgan fingerprint density at radius 1 is 0.333 bits per heavy atom. The maximum Gasteiger partial charge on any atom is 0.0521 e. The molecule has 0 heterocycles. The molecule has 4 nitrogen and oxygen atoms in total. The van der Waals surface area contributed by atoms with Crippen LogP contribution in [0.2, 0.25) is 0 Å². The first-order valence-electron chi connectivity index (χ1n) is 27.4. The molecule has 78 heavy (non-hydrogen) atoms. The highest BCUT2D eigenvalue weighted by Crippen LogP contribution is 2.55. The Hall–Kier alpha value is -9.64. The standard InChI is InChI=1S/C40H34N2.C34H26N2/c1-5-16-31(17-6-1)41(32-18-7-2-8-19-32)37-28-38(42(33-20-9-3-10-21-33)34-22-11-4-12-23-34)36-27-25-30-15-13-14-29-24-26-35(37)40(36)39(29)30;1-5-16-29(17-6-1)35(30-18-7-2-8-19-30)33-24-27-14-13-15-28(27)25-34(26-33)36(31-20-9-3-10-21-31)32-22-11-4-12-23-32/h1-3,5-11,15-28,39-40H,4,12-14H2;1-26H. The van der Waals surface area contributed by atoms with Crippen LogP contribution in [0, 0.1) is 11.8 Å². The largest absolute Gasteiger partial charge is 0.310 e. The van der Waals surface area contributed by atoms with Gasteiger partial charge in [-0.1, -0.05) is 194 Å². The highest BCUT2D eigenvalue weighted by molar-refractivity contribution is 5.87. The molecule has 14 rings (SSSR count). The Morgan fingerprint density at radius 3 is 1.23 bits per heavy atom. The van der Waals surface area contributed by atoms with Gasteiger partial charge in [0.25, 0.3) is 0 Å². The molecule has 7 aromatic rings. The monoisotopic (exact) mass is 1000 g/mol. The molecule has 0 bridgehead atoms. The van der Waals surface area contributed by atoms with E-state index >= 15 is 0 Å². The summed E-state index contributed by atoms with van der Waals surface area (Å²) in [5.41, 5.74) is 22.2. The molecule has 0 aromatic heterocycles. The van der Waals surface area contributed by atoms with Gasteiger partial charge in [0, 0.05) is 68.7 Å². The summed E-state index contributed by atoms with van der Waals surface area (Å²) in [6, 6.07) is 88.2. The van der Waals surface area contributed by atoms with Crippen LogP contribution in [0.3, 0.4) is 0 Å². The molecule has 0 fully saturated rings. The lowest BCUT2D eigenvalue weighted by Gasteiger charge is -2.46. The molecule has 376 valence electrons. The van der Waals surface area contributed by atoms with E-state index in [0.717, 1.165) is 59.8 Å². The van der Waals surface area contributed by atoms with Crippen LogP contribution in [0.25, 0.3) is 11.1 Å². The highest BCUT2D eigenvalue weighted by Gasteiger charge is 2.44. The van der Waals surface area contributed by atoms with Crippen LogP contribution in [0.1, 0.15) is 25.7 Å². The van der Waals surface area contributed by atoms with E-state index in [1.807, 2.05) is 0 Å². The maximum atomic E-state index is 2.50. The Balaban J connectivity index is 0.000000150. The molecular weight excluding hydrogens is 945 g/mol. The Kier molecular flexibility index (Phi) is 13.5. The Morgan fingerprint density at radius 2 is 0.782 bits per heavy atom. The molecule has 2 unspecified atom stereocenters. The zero-order valence-electron chi connectivity index (χ0n) is 43.6. The van der Waals surface area contributed by atoms with Crippen molar-refractivity contribution in [1.82, 2.24) is 0 Å². The first kappa shape index (κ1) is 48.0. The van der Waals surface area contributed by atoms with Crippen LogP contribution in [-0.2, 0) is 0 Å². The lowest BCUT2D eigenvalue weighted by atomic mass is 9.62. The van der Waals surface area contributed by atoms with Crippen LogP contribution >= 0.6 is 0 Å². The molecule has 0 aliphatic heterocycles. The van der Waals surface area contributed by atoms with Gasteiger partial charge in [-0.05, 0) is 169 Å². The van der Waals surface area contributed by atoms with Crippen molar-refractivity contribution in [3.8, 4) is 11.1 Å². The van der Waals surface area contributed by atoms with E-state index in [0.29, 0.717) is 5.92 Å². The summed E-state index contributed by atoms with van der Waals surface area (Å²) >= 11 is 0. The molecule has 0 saturated carbocycles. The number of fused-ring (bicyclic) bond motifs is 1. The van der Waals surface area contributed by atoms with Crippen LogP contribution in [0.15, 0.2) is 343 Å². The molecule has 7 aliphatic carbocycles. The third kappa shape index (κ3) is 9.54. The second-order valence-corrected chi connectivity index (χ2v) is 20.3. The molecule has 2 atom stereocenters. The van der Waals surface area contributed by atoms with Crippen molar-refractivity contribution in [3.63, 3.8) is 0 Å². The molecule has 0 amide bonds. The second-order valence-electron chi connectivity index (χ2n) is 20.3. The van der Waals surface area contributed by atoms with Gasteiger partial charge in [0.1, 0.15) is 0 Å². The molecule has 0 saturated heterocycles. The topological polar surface area (TPSA) is 13.0 Å². The van der Waals surface area contributed by atoms with Gasteiger partial charge in [-0.2, -0.15) is 0 Å². The average Bonchev–Trinajstić information content (AvgIpc) is 3.94. The van der Waals surface area contributed by atoms with Gasteiger partial charge >= 0.3 is 0 Å². The van der Waals surface area contributed by atoms with Gasteiger partial charge in [-0.3, -0.25) is 0 Å². The molecule has 4 heteroatoms. The molecule has 0 spiro atoms. The van der Waals surface area contributed by atoms with Crippen LogP contribution in [-0.4, -0.2) is 0 Å². The van der Waals surface area contributed by atoms with E-state index in [2.05, 4.69) is 323 Å². The summed E-state index contributed by atoms with van der Waals surface area (Å²) in [6.07, 6.45) is 26.0. The van der Waals surface area contributed by atoms with Crippen molar-refractivity contribution >= 4 is 51.2 Å². The average molecular weight is 1010 g/mol. The lowest BCUT2D eigenvalue weighted by Crippen LogP contribution is -2.37. The smallest absolute Gasteiger partial charge is 0.0521 e. The first-order valence-corrected chi connectivity index (χ1v) is 27.4. The predicted molar refractivity (Wildman–Crippen MR) is 328 cm³/mol. The normalized spacial score (nSPS) is 16.7. The van der Waals surface area contributed by atoms with Crippen molar-refractivity contribution in [3.05, 3.63) is 343 Å². The van der Waals surface area contributed by atoms with E-state index in [1.54, 1.807) is 5.57 Å². The molecule has 0 N–H and O–H groups in total. The fourth-order valence-electron chi connectivity index (χ4n) is 12.0. The van der Waals surface area contributed by atoms with E-state index in [1.165, 1.54) is 62.0 Å². The minimum atomic E-state index is 0.269. The summed E-state index contributed by atoms with van der Waals surface area (Å²) < 4.78 is 0. The minimum Gasteiger partial charge on any atom is -0.310 e. The Labute approximate surface area is 459 Å². The van der Waals surface area contributed by atoms with Crippen molar-refractivity contribution in [1.29, 1.82) is 0 Å². The third-order valence-electron chi connectivity index (χ3n) is 15.5. The van der Waals surface area contributed by atoms with E-state index in [9.17, 15) is 0 Å². The molecule has 7 aromatic carbocycles. The number of nitrogens with zero attached hydrogens (tertiary/aromatic N) is 4. The fraction of sp³-hybridized carbons (Fsp3) is 0.0811. The fourth-order valence-corrected chi connectivity index (χ4v) is 12.0. The van der Waals surface area contributed by atoms with Gasteiger partial charge in [0.15, 0.2) is 0 Å². The molecule has 7 aliphatic rings. The van der Waals surface area contributed by atoms with E-state index in [-0.39, 0.29) is 5.92 Å². The lowest BCUT2D eigenvalue weighted by molar-refractivity contribution is 0.512. The number of hydrogen-bond donors (Lipinski definition) is 0. The number of benzene rings is 7. The first-order chi connectivity index (χ1) is 38.7. The zero-order chi connectivity index (χ0) is 52.0. The molecule has 0 radical (unpaired) electrons. The van der Waals surface area contributed by atoms with Crippen LogP contribution in [0.5, 0.6) is 0 Å². The second kappa shape index (κ2) is 21.9. The third-order valence-corrected chi connectivity index (χ3v) is 15.5. The number of allylic oxidation sites excluding steroid dienone is 13. The quantitative estimate of drug-likeness (QED) is 0.121. The van der Waals surface area contributed by atoms with Gasteiger partial charge < -0.3 is 19.6 Å². The summed E-state index contributed by atoms with van der Waals surface area (Å²) in [5.74, 6) is 0.658. The summed E-state index contributed by atoms with van der Waals surface area (Å²) in [7, 11) is 0. The van der Waals surface area contributed by atoms with E-state index < -0.39 is 0 Å². The summed E-state index contributed by atoms with van der Waals surface area (Å²) in [6.45, 7) is 0. The van der Waals surface area contributed by atoms with Crippen molar-refractivity contribution in [2.24, 2.45) is 11.8 Å². The minimum absolute atomic E-state index is 0.269. The van der Waals surface area contributed by atoms with Gasteiger partial charge in [-0.15, -0.1) is 0 Å².